The van der Waals surface area contributed by atoms with Gasteiger partial charge in [0.05, 0.1) is 25.2 Å². The number of rotatable bonds is 42. The molecule has 0 aromatic heterocycles. The van der Waals surface area contributed by atoms with E-state index in [9.17, 15) is 19.8 Å². The topological polar surface area (TPSA) is 95.9 Å². The van der Waals surface area contributed by atoms with E-state index in [-0.39, 0.29) is 24.9 Å². The maximum absolute atomic E-state index is 13.1. The molecular formula is C50H91NO5. The van der Waals surface area contributed by atoms with Crippen LogP contribution in [0.15, 0.2) is 48.6 Å². The maximum Gasteiger partial charge on any atom is 0.306 e. The molecule has 0 aliphatic carbocycles. The second kappa shape index (κ2) is 43.9. The van der Waals surface area contributed by atoms with Crippen molar-refractivity contribution >= 4 is 11.9 Å². The van der Waals surface area contributed by atoms with E-state index in [1.165, 1.54) is 109 Å². The number of esters is 1. The van der Waals surface area contributed by atoms with Gasteiger partial charge in [0.2, 0.25) is 5.91 Å². The van der Waals surface area contributed by atoms with Gasteiger partial charge in [0, 0.05) is 6.42 Å². The fraction of sp³-hybridized carbons (Fsp3) is 0.800. The molecule has 0 aliphatic rings. The van der Waals surface area contributed by atoms with E-state index in [0.29, 0.717) is 19.3 Å². The summed E-state index contributed by atoms with van der Waals surface area (Å²) in [5, 5.41) is 23.6. The monoisotopic (exact) mass is 786 g/mol. The highest BCUT2D eigenvalue weighted by Gasteiger charge is 2.24. The van der Waals surface area contributed by atoms with Crippen LogP contribution in [0.4, 0.5) is 0 Å². The summed E-state index contributed by atoms with van der Waals surface area (Å²) in [5.74, 6) is -0.519. The minimum atomic E-state index is -0.796. The molecule has 0 aromatic carbocycles. The fourth-order valence-electron chi connectivity index (χ4n) is 7.07. The van der Waals surface area contributed by atoms with Gasteiger partial charge in [0.15, 0.2) is 0 Å². The zero-order valence-corrected chi connectivity index (χ0v) is 37.0. The number of ether oxygens (including phenoxy) is 1. The summed E-state index contributed by atoms with van der Waals surface area (Å²) >= 11 is 0. The minimum absolute atomic E-state index is 0.0513. The van der Waals surface area contributed by atoms with E-state index >= 15 is 0 Å². The maximum atomic E-state index is 13.1. The molecule has 3 N–H and O–H groups in total. The van der Waals surface area contributed by atoms with Gasteiger partial charge in [0.1, 0.15) is 6.10 Å². The van der Waals surface area contributed by atoms with E-state index < -0.39 is 18.2 Å². The van der Waals surface area contributed by atoms with Crippen molar-refractivity contribution < 1.29 is 24.5 Å². The van der Waals surface area contributed by atoms with Gasteiger partial charge in [0.25, 0.3) is 0 Å². The molecule has 326 valence electrons. The van der Waals surface area contributed by atoms with Crippen LogP contribution >= 0.6 is 0 Å². The first-order chi connectivity index (χ1) is 27.5. The van der Waals surface area contributed by atoms with Gasteiger partial charge in [-0.2, -0.15) is 0 Å². The van der Waals surface area contributed by atoms with Crippen molar-refractivity contribution in [1.29, 1.82) is 0 Å². The van der Waals surface area contributed by atoms with Crippen LogP contribution in [0.5, 0.6) is 0 Å². The van der Waals surface area contributed by atoms with Crippen molar-refractivity contribution in [2.45, 2.75) is 251 Å². The Hall–Kier alpha value is -2.18. The third-order valence-corrected chi connectivity index (χ3v) is 10.7. The molecule has 6 nitrogen and oxygen atoms in total. The lowest BCUT2D eigenvalue weighted by Gasteiger charge is -2.24. The van der Waals surface area contributed by atoms with Gasteiger partial charge in [-0.25, -0.2) is 0 Å². The van der Waals surface area contributed by atoms with Crippen molar-refractivity contribution in [2.75, 3.05) is 6.61 Å². The van der Waals surface area contributed by atoms with Crippen molar-refractivity contribution in [2.24, 2.45) is 0 Å². The van der Waals surface area contributed by atoms with Gasteiger partial charge in [-0.3, -0.25) is 9.59 Å². The average molecular weight is 786 g/mol. The molecule has 0 bridgehead atoms. The number of carbonyl (C=O) groups excluding carboxylic acids is 2. The molecule has 0 saturated heterocycles. The largest absolute Gasteiger partial charge is 0.462 e. The van der Waals surface area contributed by atoms with Crippen LogP contribution in [0.2, 0.25) is 0 Å². The average Bonchev–Trinajstić information content (AvgIpc) is 3.19. The smallest absolute Gasteiger partial charge is 0.306 e. The Balaban J connectivity index is 4.59. The lowest BCUT2D eigenvalue weighted by atomic mass is 10.0. The summed E-state index contributed by atoms with van der Waals surface area (Å²) in [5.41, 5.74) is 0. The first-order valence-corrected chi connectivity index (χ1v) is 23.9. The minimum Gasteiger partial charge on any atom is -0.462 e. The predicted octanol–water partition coefficient (Wildman–Crippen LogP) is 13.9. The zero-order valence-electron chi connectivity index (χ0n) is 37.0. The molecule has 0 saturated carbocycles. The molecule has 0 rings (SSSR count). The first kappa shape index (κ1) is 53.8. The summed E-state index contributed by atoms with van der Waals surface area (Å²) in [6, 6.07) is -0.712. The van der Waals surface area contributed by atoms with Crippen molar-refractivity contribution in [3.8, 4) is 0 Å². The van der Waals surface area contributed by atoms with Crippen LogP contribution in [-0.2, 0) is 14.3 Å². The molecule has 0 aliphatic heterocycles. The van der Waals surface area contributed by atoms with E-state index in [2.05, 4.69) is 62.5 Å². The summed E-state index contributed by atoms with van der Waals surface area (Å²) in [6.07, 6.45) is 51.8. The Bertz CT molecular complexity index is 972. The van der Waals surface area contributed by atoms with Crippen molar-refractivity contribution in [3.05, 3.63) is 48.6 Å². The third-order valence-electron chi connectivity index (χ3n) is 10.7. The standard InChI is InChI=1S/C50H91NO5/c1-4-7-10-13-16-19-22-23-24-25-26-28-31-34-37-40-43-50(55)56-46(41-38-35-32-29-27-20-17-14-11-8-5-2)44-49(54)51-47(45-52)48(53)42-39-36-33-30-21-18-15-12-9-6-3/h8,11,14,17,20,24-25,27,46-48,52-53H,4-7,9-10,12-13,15-16,18-19,21-23,26,28-45H2,1-3H3,(H,51,54)/b11-8+,17-14+,25-24+,27-20-. The number of allylic oxidation sites excluding steroid dienone is 8. The van der Waals surface area contributed by atoms with E-state index in [4.69, 9.17) is 4.74 Å². The van der Waals surface area contributed by atoms with Crippen molar-refractivity contribution in [3.63, 3.8) is 0 Å². The summed E-state index contributed by atoms with van der Waals surface area (Å²) in [7, 11) is 0. The van der Waals surface area contributed by atoms with Crippen LogP contribution in [0.25, 0.3) is 0 Å². The van der Waals surface area contributed by atoms with Gasteiger partial charge >= 0.3 is 5.97 Å². The third kappa shape index (κ3) is 38.7. The number of hydrogen-bond acceptors (Lipinski definition) is 5. The number of amides is 1. The van der Waals surface area contributed by atoms with Crippen LogP contribution in [0.1, 0.15) is 233 Å². The number of aliphatic hydroxyl groups excluding tert-OH is 2. The molecule has 0 fully saturated rings. The predicted molar refractivity (Wildman–Crippen MR) is 241 cm³/mol. The van der Waals surface area contributed by atoms with E-state index in [0.717, 1.165) is 77.0 Å². The second-order valence-corrected chi connectivity index (χ2v) is 16.2. The Morgan fingerprint density at radius 1 is 0.536 bits per heavy atom. The molecular weight excluding hydrogens is 695 g/mol. The van der Waals surface area contributed by atoms with Gasteiger partial charge in [-0.15, -0.1) is 0 Å². The molecule has 0 radical (unpaired) electrons. The van der Waals surface area contributed by atoms with E-state index in [1.807, 2.05) is 12.2 Å². The van der Waals surface area contributed by atoms with E-state index in [1.54, 1.807) is 0 Å². The number of nitrogens with one attached hydrogen (secondary N) is 1. The normalized spacial score (nSPS) is 13.7. The molecule has 0 heterocycles. The lowest BCUT2D eigenvalue weighted by Crippen LogP contribution is -2.46. The molecule has 3 atom stereocenters. The highest BCUT2D eigenvalue weighted by Crippen LogP contribution is 2.17. The quantitative estimate of drug-likeness (QED) is 0.0248. The Kier molecular flexibility index (Phi) is 42.2. The van der Waals surface area contributed by atoms with Crippen LogP contribution < -0.4 is 5.32 Å². The first-order valence-electron chi connectivity index (χ1n) is 23.9. The fourth-order valence-corrected chi connectivity index (χ4v) is 7.07. The number of aliphatic hydroxyl groups is 2. The van der Waals surface area contributed by atoms with Crippen molar-refractivity contribution in [1.82, 2.24) is 5.32 Å². The summed E-state index contributed by atoms with van der Waals surface area (Å²) in [6.45, 7) is 6.31. The molecule has 56 heavy (non-hydrogen) atoms. The summed E-state index contributed by atoms with van der Waals surface area (Å²) in [4.78, 5) is 26.0. The molecule has 0 aromatic rings. The molecule has 1 amide bonds. The highest BCUT2D eigenvalue weighted by atomic mass is 16.5. The van der Waals surface area contributed by atoms with Crippen LogP contribution in [-0.4, -0.2) is 46.9 Å². The lowest BCUT2D eigenvalue weighted by molar-refractivity contribution is -0.151. The van der Waals surface area contributed by atoms with Crippen LogP contribution in [0, 0.1) is 0 Å². The molecule has 3 unspecified atom stereocenters. The Morgan fingerprint density at radius 2 is 0.982 bits per heavy atom. The van der Waals surface area contributed by atoms with Crippen LogP contribution in [0.3, 0.4) is 0 Å². The molecule has 0 spiro atoms. The Labute approximate surface area is 346 Å². The number of unbranched alkanes of at least 4 members (excludes halogenated alkanes) is 24. The highest BCUT2D eigenvalue weighted by molar-refractivity contribution is 5.77. The second-order valence-electron chi connectivity index (χ2n) is 16.2. The number of hydrogen-bond donors (Lipinski definition) is 3. The Morgan fingerprint density at radius 3 is 1.52 bits per heavy atom. The number of carbonyl (C=O) groups is 2. The summed E-state index contributed by atoms with van der Waals surface area (Å²) < 4.78 is 5.89. The van der Waals surface area contributed by atoms with Gasteiger partial charge in [-0.05, 0) is 70.6 Å². The molecule has 6 heteroatoms. The SMILES string of the molecule is CC/C=C/C=C/C=C\CCCCCC(CC(=O)NC(CO)C(O)CCCCCCCCCCCC)OC(=O)CCCCCCC/C=C/CCCCCCCCC. The zero-order chi connectivity index (χ0) is 41.0. The van der Waals surface area contributed by atoms with Gasteiger partial charge < -0.3 is 20.3 Å². The van der Waals surface area contributed by atoms with Gasteiger partial charge in [-0.1, -0.05) is 198 Å².